The molecule has 1 aromatic heterocycles. The summed E-state index contributed by atoms with van der Waals surface area (Å²) in [6.45, 7) is 7.64. The first-order valence-electron chi connectivity index (χ1n) is 11.5. The quantitative estimate of drug-likeness (QED) is 0.346. The third-order valence-corrected chi connectivity index (χ3v) is 6.84. The van der Waals surface area contributed by atoms with Crippen molar-refractivity contribution >= 4 is 40.1 Å². The zero-order valence-corrected chi connectivity index (χ0v) is 22.4. The number of nitrogens with zero attached hydrogens (tertiary/aromatic N) is 1. The maximum atomic E-state index is 13.4. The van der Waals surface area contributed by atoms with Crippen LogP contribution in [0.5, 0.6) is 0 Å². The highest BCUT2D eigenvalue weighted by atomic mass is 32.2. The van der Waals surface area contributed by atoms with Gasteiger partial charge in [-0.1, -0.05) is 63.2 Å². The molecule has 2 aromatic carbocycles. The molecule has 3 rings (SSSR count). The molecule has 36 heavy (non-hydrogen) atoms. The van der Waals surface area contributed by atoms with Crippen molar-refractivity contribution in [2.75, 3.05) is 4.72 Å². The smallest absolute Gasteiger partial charge is 0.243 e. The highest BCUT2D eigenvalue weighted by molar-refractivity contribution is 7.80. The van der Waals surface area contributed by atoms with Crippen molar-refractivity contribution in [3.8, 4) is 0 Å². The Kier molecular flexibility index (Phi) is 9.36. The van der Waals surface area contributed by atoms with Crippen molar-refractivity contribution in [3.05, 3.63) is 81.8 Å². The number of amides is 2. The highest BCUT2D eigenvalue weighted by Crippen LogP contribution is 2.29. The second-order valence-electron chi connectivity index (χ2n) is 9.56. The molecule has 3 N–H and O–H groups in total. The number of carbonyl (C=O) groups excluding carboxylic acids is 2. The van der Waals surface area contributed by atoms with Gasteiger partial charge in [-0.3, -0.25) is 13.8 Å². The Morgan fingerprint density at radius 1 is 1.00 bits per heavy atom. The summed E-state index contributed by atoms with van der Waals surface area (Å²) in [5.74, 6) is -0.586. The summed E-state index contributed by atoms with van der Waals surface area (Å²) >= 11 is -0.925. The number of rotatable bonds is 10. The monoisotopic (exact) mass is 527 g/mol. The summed E-state index contributed by atoms with van der Waals surface area (Å²) < 4.78 is 24.1. The van der Waals surface area contributed by atoms with Crippen LogP contribution in [0.25, 0.3) is 0 Å². The van der Waals surface area contributed by atoms with Gasteiger partial charge in [0.25, 0.3) is 0 Å². The number of aromatic nitrogens is 1. The van der Waals surface area contributed by atoms with Crippen molar-refractivity contribution in [2.24, 2.45) is 0 Å². The molecule has 3 aromatic rings. The molecule has 1 unspecified atom stereocenters. The minimum Gasteiger partial charge on any atom is -0.755 e. The van der Waals surface area contributed by atoms with E-state index in [0.717, 1.165) is 21.8 Å². The Bertz CT molecular complexity index is 1190. The number of hydrogen-bond donors (Lipinski definition) is 3. The van der Waals surface area contributed by atoms with Crippen molar-refractivity contribution in [1.82, 2.24) is 15.6 Å². The van der Waals surface area contributed by atoms with E-state index in [4.69, 9.17) is 4.98 Å². The minimum atomic E-state index is -2.40. The number of carbonyl (C=O) groups is 2. The van der Waals surface area contributed by atoms with Gasteiger partial charge in [0.2, 0.25) is 11.8 Å². The fourth-order valence-electron chi connectivity index (χ4n) is 3.61. The molecule has 0 bridgehead atoms. The average molecular weight is 528 g/mol. The van der Waals surface area contributed by atoms with Crippen LogP contribution < -0.4 is 15.4 Å². The van der Waals surface area contributed by atoms with E-state index >= 15 is 0 Å². The van der Waals surface area contributed by atoms with E-state index in [-0.39, 0.29) is 17.2 Å². The van der Waals surface area contributed by atoms with Gasteiger partial charge in [0.15, 0.2) is 0 Å². The first-order chi connectivity index (χ1) is 17.0. The molecule has 192 valence electrons. The van der Waals surface area contributed by atoms with Gasteiger partial charge in [0, 0.05) is 41.1 Å². The van der Waals surface area contributed by atoms with Gasteiger partial charge in [0.1, 0.15) is 11.0 Å². The number of hydrogen-bond acceptors (Lipinski definition) is 6. The molecular formula is C26H31N4O4S2-. The second-order valence-corrected chi connectivity index (χ2v) is 11.1. The lowest BCUT2D eigenvalue weighted by Crippen LogP contribution is -2.48. The summed E-state index contributed by atoms with van der Waals surface area (Å²) in [6, 6.07) is 15.3. The van der Waals surface area contributed by atoms with Crippen molar-refractivity contribution in [3.63, 3.8) is 0 Å². The van der Waals surface area contributed by atoms with Gasteiger partial charge in [-0.15, -0.1) is 11.3 Å². The third kappa shape index (κ3) is 8.25. The van der Waals surface area contributed by atoms with Crippen LogP contribution in [0.2, 0.25) is 0 Å². The third-order valence-electron chi connectivity index (χ3n) is 5.48. The van der Waals surface area contributed by atoms with E-state index in [9.17, 15) is 18.4 Å². The Hall–Kier alpha value is -3.08. The summed E-state index contributed by atoms with van der Waals surface area (Å²) in [7, 11) is 0. The van der Waals surface area contributed by atoms with Crippen molar-refractivity contribution < 1.29 is 18.4 Å². The molecule has 0 saturated heterocycles. The Morgan fingerprint density at radius 3 is 2.19 bits per heavy atom. The van der Waals surface area contributed by atoms with E-state index in [0.29, 0.717) is 18.5 Å². The molecule has 0 radical (unpaired) electrons. The predicted octanol–water partition coefficient (Wildman–Crippen LogP) is 3.79. The molecule has 3 atom stereocenters. The molecule has 2 amide bonds. The maximum Gasteiger partial charge on any atom is 0.243 e. The van der Waals surface area contributed by atoms with E-state index in [2.05, 4.69) is 36.1 Å². The van der Waals surface area contributed by atoms with E-state index in [1.807, 2.05) is 47.8 Å². The maximum absolute atomic E-state index is 13.4. The first kappa shape index (κ1) is 27.5. The zero-order valence-electron chi connectivity index (χ0n) is 20.7. The Balaban J connectivity index is 1.86. The second kappa shape index (κ2) is 12.2. The summed E-state index contributed by atoms with van der Waals surface area (Å²) in [4.78, 5) is 30.1. The lowest BCUT2D eigenvalue weighted by atomic mass is 9.93. The van der Waals surface area contributed by atoms with Crippen LogP contribution in [0.3, 0.4) is 0 Å². The van der Waals surface area contributed by atoms with Gasteiger partial charge in [0.05, 0.1) is 11.7 Å². The molecular weight excluding hydrogens is 496 g/mol. The number of thiazole rings is 1. The normalized spacial score (nSPS) is 13.9. The first-order valence-corrected chi connectivity index (χ1v) is 13.5. The van der Waals surface area contributed by atoms with Crippen LogP contribution in [-0.4, -0.2) is 31.6 Å². The SMILES string of the molecule is CC(=O)N[C@@H](Cc1ccccc1)C(=O)N[C@@H](Cc1ccc(NS(=O)[O-])cc1)c1nc(C(C)(C)C)cs1. The zero-order chi connectivity index (χ0) is 26.3. The molecule has 0 aliphatic carbocycles. The summed E-state index contributed by atoms with van der Waals surface area (Å²) in [5.41, 5.74) is 3.07. The molecule has 0 aliphatic heterocycles. The van der Waals surface area contributed by atoms with Gasteiger partial charge < -0.3 is 19.9 Å². The average Bonchev–Trinajstić information content (AvgIpc) is 3.30. The number of anilines is 1. The van der Waals surface area contributed by atoms with Gasteiger partial charge >= 0.3 is 0 Å². The van der Waals surface area contributed by atoms with Crippen molar-refractivity contribution in [1.29, 1.82) is 0 Å². The van der Waals surface area contributed by atoms with Crippen LogP contribution in [0.1, 0.15) is 55.6 Å². The van der Waals surface area contributed by atoms with Gasteiger partial charge in [-0.25, -0.2) is 4.98 Å². The standard InChI is InChI=1S/C26H32N4O4S2/c1-17(31)27-21(14-18-8-6-5-7-9-18)24(32)28-22(25-29-23(16-35-25)26(2,3)4)15-19-10-12-20(13-11-19)30-36(33)34/h5-13,16,21-22,30H,14-15H2,1-4H3,(H,27,31)(H,28,32)(H,33,34)/p-1/t21-,22-/m0/s1. The minimum absolute atomic E-state index is 0.142. The van der Waals surface area contributed by atoms with Crippen LogP contribution in [-0.2, 0) is 39.1 Å². The molecule has 0 spiro atoms. The Labute approximate surface area is 218 Å². The lowest BCUT2D eigenvalue weighted by molar-refractivity contribution is -0.128. The van der Waals surface area contributed by atoms with Crippen LogP contribution in [0.15, 0.2) is 60.0 Å². The predicted molar refractivity (Wildman–Crippen MR) is 142 cm³/mol. The number of nitrogens with one attached hydrogen (secondary N) is 3. The molecule has 8 nitrogen and oxygen atoms in total. The van der Waals surface area contributed by atoms with Crippen molar-refractivity contribution in [2.45, 2.75) is 58.0 Å². The molecule has 0 fully saturated rings. The number of benzene rings is 2. The van der Waals surface area contributed by atoms with Gasteiger partial charge in [-0.2, -0.15) is 0 Å². The van der Waals surface area contributed by atoms with Gasteiger partial charge in [-0.05, 0) is 29.7 Å². The lowest BCUT2D eigenvalue weighted by Gasteiger charge is -2.23. The van der Waals surface area contributed by atoms with E-state index in [1.165, 1.54) is 18.3 Å². The fourth-order valence-corrected chi connectivity index (χ4v) is 5.03. The molecule has 1 heterocycles. The molecule has 10 heteroatoms. The largest absolute Gasteiger partial charge is 0.755 e. The summed E-state index contributed by atoms with van der Waals surface area (Å²) in [6.07, 6.45) is 0.804. The summed E-state index contributed by atoms with van der Waals surface area (Å²) in [5, 5.41) is 8.63. The Morgan fingerprint density at radius 2 is 1.64 bits per heavy atom. The topological polar surface area (TPSA) is 123 Å². The van der Waals surface area contributed by atoms with Crippen LogP contribution >= 0.6 is 11.3 Å². The van der Waals surface area contributed by atoms with E-state index in [1.54, 1.807) is 12.1 Å². The highest BCUT2D eigenvalue weighted by Gasteiger charge is 2.27. The molecule has 0 aliphatic rings. The van der Waals surface area contributed by atoms with Crippen LogP contribution in [0.4, 0.5) is 5.69 Å². The fraction of sp³-hybridized carbons (Fsp3) is 0.346. The van der Waals surface area contributed by atoms with Crippen LogP contribution in [0, 0.1) is 0 Å². The van der Waals surface area contributed by atoms with E-state index < -0.39 is 23.4 Å². The molecule has 0 saturated carbocycles.